The largest absolute Gasteiger partial charge is 0.377 e. The standard InChI is InChI=1S/C14H26N2O/c1-11-9-15-7-4-5-13(15)10-16(11)14(3)6-8-17-12(14)2/h11-13H,4-10H2,1-3H3. The lowest BCUT2D eigenvalue weighted by Crippen LogP contribution is -2.64. The van der Waals surface area contributed by atoms with Crippen molar-refractivity contribution in [3.05, 3.63) is 0 Å². The van der Waals surface area contributed by atoms with Gasteiger partial charge < -0.3 is 4.74 Å². The molecule has 4 unspecified atom stereocenters. The van der Waals surface area contributed by atoms with Crippen LogP contribution >= 0.6 is 0 Å². The molecule has 3 aliphatic heterocycles. The summed E-state index contributed by atoms with van der Waals surface area (Å²) in [5.41, 5.74) is 0.272. The molecule has 3 aliphatic rings. The van der Waals surface area contributed by atoms with E-state index in [1.54, 1.807) is 0 Å². The molecule has 17 heavy (non-hydrogen) atoms. The first kappa shape index (κ1) is 11.9. The molecular weight excluding hydrogens is 212 g/mol. The van der Waals surface area contributed by atoms with Crippen LogP contribution in [0.2, 0.25) is 0 Å². The van der Waals surface area contributed by atoms with Crippen molar-refractivity contribution in [2.45, 2.75) is 63.8 Å². The molecule has 4 atom stereocenters. The number of nitrogens with zero attached hydrogens (tertiary/aromatic N) is 2. The first-order valence-corrected chi connectivity index (χ1v) is 7.23. The summed E-state index contributed by atoms with van der Waals surface area (Å²) >= 11 is 0. The zero-order chi connectivity index (χ0) is 12.0. The number of fused-ring (bicyclic) bond motifs is 1. The zero-order valence-corrected chi connectivity index (χ0v) is 11.5. The summed E-state index contributed by atoms with van der Waals surface area (Å²) in [5, 5.41) is 0. The van der Waals surface area contributed by atoms with Gasteiger partial charge in [-0.25, -0.2) is 0 Å². The number of rotatable bonds is 1. The summed E-state index contributed by atoms with van der Waals surface area (Å²) in [6.07, 6.45) is 4.38. The van der Waals surface area contributed by atoms with Crippen molar-refractivity contribution in [3.63, 3.8) is 0 Å². The molecule has 0 aromatic rings. The molecule has 3 nitrogen and oxygen atoms in total. The van der Waals surface area contributed by atoms with Crippen LogP contribution in [0, 0.1) is 0 Å². The van der Waals surface area contributed by atoms with E-state index < -0.39 is 0 Å². The average Bonchev–Trinajstić information content (AvgIpc) is 2.86. The van der Waals surface area contributed by atoms with Gasteiger partial charge in [0.2, 0.25) is 0 Å². The van der Waals surface area contributed by atoms with E-state index in [9.17, 15) is 0 Å². The van der Waals surface area contributed by atoms with Gasteiger partial charge in [-0.15, -0.1) is 0 Å². The minimum absolute atomic E-state index is 0.272. The van der Waals surface area contributed by atoms with Gasteiger partial charge in [-0.2, -0.15) is 0 Å². The molecule has 0 saturated carbocycles. The van der Waals surface area contributed by atoms with Crippen molar-refractivity contribution in [3.8, 4) is 0 Å². The molecule has 0 N–H and O–H groups in total. The molecule has 3 fully saturated rings. The maximum absolute atomic E-state index is 5.83. The van der Waals surface area contributed by atoms with Gasteiger partial charge >= 0.3 is 0 Å². The summed E-state index contributed by atoms with van der Waals surface area (Å²) in [4.78, 5) is 5.45. The molecule has 0 aromatic carbocycles. The normalized spacial score (nSPS) is 48.5. The minimum Gasteiger partial charge on any atom is -0.377 e. The highest BCUT2D eigenvalue weighted by Gasteiger charge is 2.47. The third-order valence-corrected chi connectivity index (χ3v) is 5.45. The number of hydrogen-bond donors (Lipinski definition) is 0. The predicted octanol–water partition coefficient (Wildman–Crippen LogP) is 1.72. The topological polar surface area (TPSA) is 15.7 Å². The van der Waals surface area contributed by atoms with E-state index in [1.165, 1.54) is 38.9 Å². The van der Waals surface area contributed by atoms with Crippen molar-refractivity contribution in [2.24, 2.45) is 0 Å². The van der Waals surface area contributed by atoms with E-state index >= 15 is 0 Å². The van der Waals surface area contributed by atoms with E-state index in [0.29, 0.717) is 12.1 Å². The highest BCUT2D eigenvalue weighted by molar-refractivity contribution is 5.02. The minimum atomic E-state index is 0.272. The Hall–Kier alpha value is -0.120. The molecule has 0 amide bonds. The summed E-state index contributed by atoms with van der Waals surface area (Å²) in [7, 11) is 0. The lowest BCUT2D eigenvalue weighted by Gasteiger charge is -2.51. The lowest BCUT2D eigenvalue weighted by molar-refractivity contribution is -0.0466. The van der Waals surface area contributed by atoms with Crippen LogP contribution in [0.15, 0.2) is 0 Å². The fourth-order valence-electron chi connectivity index (χ4n) is 4.10. The average molecular weight is 238 g/mol. The highest BCUT2D eigenvalue weighted by atomic mass is 16.5. The van der Waals surface area contributed by atoms with Gasteiger partial charge in [-0.3, -0.25) is 9.80 Å². The Kier molecular flexibility index (Phi) is 2.96. The Morgan fingerprint density at radius 3 is 2.76 bits per heavy atom. The number of ether oxygens (including phenoxy) is 1. The van der Waals surface area contributed by atoms with Gasteiger partial charge in [0.25, 0.3) is 0 Å². The number of hydrogen-bond acceptors (Lipinski definition) is 3. The molecule has 98 valence electrons. The Morgan fingerprint density at radius 2 is 2.06 bits per heavy atom. The SMILES string of the molecule is CC1CN2CCCC2CN1C1(C)CCOC1C. The second-order valence-electron chi connectivity index (χ2n) is 6.41. The Morgan fingerprint density at radius 1 is 1.24 bits per heavy atom. The van der Waals surface area contributed by atoms with E-state index in [1.807, 2.05) is 0 Å². The number of piperazine rings is 1. The van der Waals surface area contributed by atoms with Gasteiger partial charge in [-0.1, -0.05) is 0 Å². The Bertz CT molecular complexity index is 296. The van der Waals surface area contributed by atoms with Crippen LogP contribution in [0.25, 0.3) is 0 Å². The molecule has 0 bridgehead atoms. The summed E-state index contributed by atoms with van der Waals surface area (Å²) < 4.78 is 5.83. The maximum Gasteiger partial charge on any atom is 0.0728 e. The Balaban J connectivity index is 1.78. The van der Waals surface area contributed by atoms with E-state index in [-0.39, 0.29) is 5.54 Å². The molecule has 0 aromatic heterocycles. The van der Waals surface area contributed by atoms with Gasteiger partial charge in [0.1, 0.15) is 0 Å². The molecule has 3 heteroatoms. The first-order valence-electron chi connectivity index (χ1n) is 7.23. The second kappa shape index (κ2) is 4.22. The third kappa shape index (κ3) is 1.83. The van der Waals surface area contributed by atoms with E-state index in [2.05, 4.69) is 30.6 Å². The van der Waals surface area contributed by atoms with Crippen LogP contribution in [0.1, 0.15) is 40.0 Å². The molecule has 3 saturated heterocycles. The fourth-order valence-corrected chi connectivity index (χ4v) is 4.10. The van der Waals surface area contributed by atoms with Crippen molar-refractivity contribution in [2.75, 3.05) is 26.2 Å². The lowest BCUT2D eigenvalue weighted by atomic mass is 9.88. The zero-order valence-electron chi connectivity index (χ0n) is 11.5. The van der Waals surface area contributed by atoms with Gasteiger partial charge in [-0.05, 0) is 46.6 Å². The molecular formula is C14H26N2O. The van der Waals surface area contributed by atoms with E-state index in [4.69, 9.17) is 4.74 Å². The van der Waals surface area contributed by atoms with Crippen LogP contribution in [-0.4, -0.2) is 59.8 Å². The molecule has 0 spiro atoms. The third-order valence-electron chi connectivity index (χ3n) is 5.45. The van der Waals surface area contributed by atoms with Crippen molar-refractivity contribution < 1.29 is 4.74 Å². The van der Waals surface area contributed by atoms with Crippen LogP contribution in [0.5, 0.6) is 0 Å². The summed E-state index contributed by atoms with van der Waals surface area (Å²) in [6, 6.07) is 1.49. The van der Waals surface area contributed by atoms with Crippen LogP contribution in [0.4, 0.5) is 0 Å². The van der Waals surface area contributed by atoms with Crippen molar-refractivity contribution in [1.29, 1.82) is 0 Å². The Labute approximate surface area is 105 Å². The second-order valence-corrected chi connectivity index (χ2v) is 6.41. The fraction of sp³-hybridized carbons (Fsp3) is 1.00. The maximum atomic E-state index is 5.83. The van der Waals surface area contributed by atoms with Gasteiger partial charge in [0.05, 0.1) is 6.10 Å². The van der Waals surface area contributed by atoms with Crippen molar-refractivity contribution >= 4 is 0 Å². The molecule has 3 rings (SSSR count). The predicted molar refractivity (Wildman–Crippen MR) is 69.2 cm³/mol. The van der Waals surface area contributed by atoms with Crippen LogP contribution < -0.4 is 0 Å². The highest BCUT2D eigenvalue weighted by Crippen LogP contribution is 2.37. The smallest absolute Gasteiger partial charge is 0.0728 e. The van der Waals surface area contributed by atoms with Gasteiger partial charge in [0.15, 0.2) is 0 Å². The summed E-state index contributed by atoms with van der Waals surface area (Å²) in [5.74, 6) is 0. The molecule has 3 heterocycles. The first-order chi connectivity index (χ1) is 8.11. The molecule has 0 radical (unpaired) electrons. The van der Waals surface area contributed by atoms with Crippen LogP contribution in [0.3, 0.4) is 0 Å². The summed E-state index contributed by atoms with van der Waals surface area (Å²) in [6.45, 7) is 11.8. The van der Waals surface area contributed by atoms with Crippen LogP contribution in [-0.2, 0) is 4.74 Å². The quantitative estimate of drug-likeness (QED) is 0.692. The van der Waals surface area contributed by atoms with Gasteiger partial charge in [0, 0.05) is 37.3 Å². The van der Waals surface area contributed by atoms with E-state index in [0.717, 1.165) is 12.6 Å². The monoisotopic (exact) mass is 238 g/mol. The molecule has 0 aliphatic carbocycles. The van der Waals surface area contributed by atoms with Crippen molar-refractivity contribution in [1.82, 2.24) is 9.80 Å².